The molecule has 0 spiro atoms. The van der Waals surface area contributed by atoms with Gasteiger partial charge in [-0.3, -0.25) is 0 Å². The number of hydrogen-bond donors (Lipinski definition) is 3. The van der Waals surface area contributed by atoms with Crippen molar-refractivity contribution in [2.45, 2.75) is 26.3 Å². The van der Waals surface area contributed by atoms with E-state index in [-0.39, 0.29) is 37.2 Å². The largest absolute Gasteiger partial charge is 0.493 e. The van der Waals surface area contributed by atoms with E-state index in [0.29, 0.717) is 24.0 Å². The molecule has 0 radical (unpaired) electrons. The van der Waals surface area contributed by atoms with Gasteiger partial charge in [-0.1, -0.05) is 6.07 Å². The molecule has 1 unspecified atom stereocenters. The molecule has 172 valence electrons. The molecule has 0 bridgehead atoms. The van der Waals surface area contributed by atoms with E-state index < -0.39 is 0 Å². The van der Waals surface area contributed by atoms with Crippen LogP contribution >= 0.6 is 24.0 Å². The molecule has 0 aliphatic carbocycles. The maximum atomic E-state index is 8.90. The number of rotatable bonds is 13. The molecule has 1 aromatic carbocycles. The first-order chi connectivity index (χ1) is 14.3. The first-order valence-corrected chi connectivity index (χ1v) is 10.3. The van der Waals surface area contributed by atoms with Crippen LogP contribution in [0.15, 0.2) is 23.2 Å². The van der Waals surface area contributed by atoms with Crippen LogP contribution in [-0.2, 0) is 16.0 Å². The summed E-state index contributed by atoms with van der Waals surface area (Å²) < 4.78 is 21.9. The Kier molecular flexibility index (Phi) is 14.6. The van der Waals surface area contributed by atoms with Crippen molar-refractivity contribution in [3.05, 3.63) is 23.8 Å². The van der Waals surface area contributed by atoms with Crippen molar-refractivity contribution in [1.29, 1.82) is 0 Å². The fourth-order valence-corrected chi connectivity index (χ4v) is 2.94. The highest BCUT2D eigenvalue weighted by Crippen LogP contribution is 2.28. The summed E-state index contributed by atoms with van der Waals surface area (Å²) in [5.74, 6) is 2.58. The van der Waals surface area contributed by atoms with E-state index in [1.54, 1.807) is 7.11 Å². The van der Waals surface area contributed by atoms with E-state index in [4.69, 9.17) is 24.1 Å². The van der Waals surface area contributed by atoms with Gasteiger partial charge in [0.05, 0.1) is 33.5 Å². The van der Waals surface area contributed by atoms with Crippen LogP contribution in [0, 0.1) is 5.92 Å². The average Bonchev–Trinajstić information content (AvgIpc) is 3.26. The maximum Gasteiger partial charge on any atom is 0.191 e. The van der Waals surface area contributed by atoms with Gasteiger partial charge in [-0.15, -0.1) is 24.0 Å². The molecule has 3 N–H and O–H groups in total. The predicted molar refractivity (Wildman–Crippen MR) is 128 cm³/mol. The number of methoxy groups -OCH3 is 1. The zero-order valence-corrected chi connectivity index (χ0v) is 20.4. The average molecular weight is 537 g/mol. The fraction of sp³-hybridized carbons (Fsp3) is 0.667. The van der Waals surface area contributed by atoms with E-state index >= 15 is 0 Å². The van der Waals surface area contributed by atoms with E-state index in [1.807, 2.05) is 25.1 Å². The van der Waals surface area contributed by atoms with Crippen molar-refractivity contribution in [2.75, 3.05) is 59.8 Å². The summed E-state index contributed by atoms with van der Waals surface area (Å²) in [6.07, 6.45) is 2.03. The number of aliphatic hydroxyl groups excluding tert-OH is 1. The van der Waals surface area contributed by atoms with Gasteiger partial charge >= 0.3 is 0 Å². The van der Waals surface area contributed by atoms with E-state index in [1.165, 1.54) is 0 Å². The van der Waals surface area contributed by atoms with Crippen LogP contribution < -0.4 is 20.1 Å². The number of ether oxygens (including phenoxy) is 4. The Bertz CT molecular complexity index is 612. The number of aliphatic hydroxyl groups is 1. The fourth-order valence-electron chi connectivity index (χ4n) is 2.94. The molecule has 1 atom stereocenters. The molecule has 2 rings (SSSR count). The van der Waals surface area contributed by atoms with Crippen molar-refractivity contribution in [3.8, 4) is 11.5 Å². The van der Waals surface area contributed by atoms with Gasteiger partial charge in [-0.25, -0.2) is 4.99 Å². The normalized spacial score (nSPS) is 16.1. The number of hydrogen-bond acceptors (Lipinski definition) is 6. The lowest BCUT2D eigenvalue weighted by atomic mass is 10.1. The third-order valence-electron chi connectivity index (χ3n) is 4.48. The molecule has 0 amide bonds. The first kappa shape index (κ1) is 26.7. The monoisotopic (exact) mass is 537 g/mol. The number of benzene rings is 1. The van der Waals surface area contributed by atoms with Crippen LogP contribution in [0.2, 0.25) is 0 Å². The summed E-state index contributed by atoms with van der Waals surface area (Å²) in [5, 5.41) is 15.5. The van der Waals surface area contributed by atoms with Gasteiger partial charge < -0.3 is 34.7 Å². The Morgan fingerprint density at radius 1 is 1.27 bits per heavy atom. The SMILES string of the molecule is CCNC(=NCc1ccc(OCCO)c(OC)c1)NCCCOCC1CCOC1.I. The molecule has 0 saturated carbocycles. The molecule has 0 aromatic heterocycles. The van der Waals surface area contributed by atoms with Gasteiger partial charge in [0.15, 0.2) is 17.5 Å². The van der Waals surface area contributed by atoms with Crippen molar-refractivity contribution < 1.29 is 24.1 Å². The Morgan fingerprint density at radius 3 is 2.83 bits per heavy atom. The molecule has 30 heavy (non-hydrogen) atoms. The van der Waals surface area contributed by atoms with Crippen molar-refractivity contribution in [1.82, 2.24) is 10.6 Å². The standard InChI is InChI=1S/C21H35N3O5.HI/c1-3-22-21(23-8-4-10-27-15-18-7-11-28-16-18)24-14-17-5-6-19(29-12-9-25)20(13-17)26-2;/h5-6,13,18,25H,3-4,7-12,14-16H2,1-2H3,(H2,22,23,24);1H. The van der Waals surface area contributed by atoms with Gasteiger partial charge in [0.25, 0.3) is 0 Å². The van der Waals surface area contributed by atoms with Gasteiger partial charge in [0.2, 0.25) is 0 Å². The minimum Gasteiger partial charge on any atom is -0.493 e. The van der Waals surface area contributed by atoms with Crippen LogP contribution in [-0.4, -0.2) is 70.9 Å². The van der Waals surface area contributed by atoms with Crippen LogP contribution in [0.4, 0.5) is 0 Å². The summed E-state index contributed by atoms with van der Waals surface area (Å²) in [6, 6.07) is 5.69. The highest BCUT2D eigenvalue weighted by Gasteiger charge is 2.15. The number of halogens is 1. The van der Waals surface area contributed by atoms with Gasteiger partial charge in [0.1, 0.15) is 6.61 Å². The van der Waals surface area contributed by atoms with Crippen LogP contribution in [0.25, 0.3) is 0 Å². The summed E-state index contributed by atoms with van der Waals surface area (Å²) in [7, 11) is 1.60. The molecule has 1 heterocycles. The van der Waals surface area contributed by atoms with Gasteiger partial charge in [-0.2, -0.15) is 0 Å². The third kappa shape index (κ3) is 10.1. The molecule has 1 saturated heterocycles. The lowest BCUT2D eigenvalue weighted by Crippen LogP contribution is -2.38. The van der Waals surface area contributed by atoms with Crippen molar-refractivity contribution in [3.63, 3.8) is 0 Å². The molecule has 1 fully saturated rings. The third-order valence-corrected chi connectivity index (χ3v) is 4.48. The molecule has 1 aliphatic heterocycles. The van der Waals surface area contributed by atoms with Crippen LogP contribution in [0.5, 0.6) is 11.5 Å². The predicted octanol–water partition coefficient (Wildman–Crippen LogP) is 2.18. The quantitative estimate of drug-likeness (QED) is 0.154. The van der Waals surface area contributed by atoms with Gasteiger partial charge in [-0.05, 0) is 37.5 Å². The highest BCUT2D eigenvalue weighted by molar-refractivity contribution is 14.0. The summed E-state index contributed by atoms with van der Waals surface area (Å²) in [6.45, 7) is 7.56. The topological polar surface area (TPSA) is 93.6 Å². The number of aliphatic imine (C=N–C) groups is 1. The van der Waals surface area contributed by atoms with Crippen LogP contribution in [0.1, 0.15) is 25.3 Å². The maximum absolute atomic E-state index is 8.90. The van der Waals surface area contributed by atoms with Gasteiger partial charge in [0, 0.05) is 32.2 Å². The zero-order chi connectivity index (χ0) is 20.7. The molecule has 8 nitrogen and oxygen atoms in total. The minimum absolute atomic E-state index is 0. The summed E-state index contributed by atoms with van der Waals surface area (Å²) >= 11 is 0. The van der Waals surface area contributed by atoms with E-state index in [9.17, 15) is 0 Å². The Balaban J connectivity index is 0.00000450. The van der Waals surface area contributed by atoms with E-state index in [0.717, 1.165) is 63.9 Å². The summed E-state index contributed by atoms with van der Waals surface area (Å²) in [4.78, 5) is 4.63. The first-order valence-electron chi connectivity index (χ1n) is 10.3. The smallest absolute Gasteiger partial charge is 0.191 e. The minimum atomic E-state index is -0.0348. The number of nitrogens with one attached hydrogen (secondary N) is 2. The second-order valence-electron chi connectivity index (χ2n) is 6.84. The molecular formula is C21H36IN3O5. The van der Waals surface area contributed by atoms with E-state index in [2.05, 4.69) is 15.6 Å². The Morgan fingerprint density at radius 2 is 2.13 bits per heavy atom. The number of guanidine groups is 1. The number of nitrogens with zero attached hydrogens (tertiary/aromatic N) is 1. The second kappa shape index (κ2) is 16.4. The summed E-state index contributed by atoms with van der Waals surface area (Å²) in [5.41, 5.74) is 1.01. The lowest BCUT2D eigenvalue weighted by Gasteiger charge is -2.13. The van der Waals surface area contributed by atoms with Crippen molar-refractivity contribution in [2.24, 2.45) is 10.9 Å². The zero-order valence-electron chi connectivity index (χ0n) is 18.0. The van der Waals surface area contributed by atoms with Crippen molar-refractivity contribution >= 4 is 29.9 Å². The molecule has 1 aliphatic rings. The lowest BCUT2D eigenvalue weighted by molar-refractivity contribution is 0.0888. The Labute approximate surface area is 196 Å². The molecule has 9 heteroatoms. The van der Waals surface area contributed by atoms with Crippen LogP contribution in [0.3, 0.4) is 0 Å². The molecule has 1 aromatic rings. The molecular weight excluding hydrogens is 501 g/mol. The second-order valence-corrected chi connectivity index (χ2v) is 6.84. The highest BCUT2D eigenvalue weighted by atomic mass is 127. The Hall–Kier alpha value is -1.30.